The normalized spacial score (nSPS) is 58.4. The second kappa shape index (κ2) is 19.4. The summed E-state index contributed by atoms with van der Waals surface area (Å²) in [6, 6.07) is 0. The summed E-state index contributed by atoms with van der Waals surface area (Å²) < 4.78 is 102. The molecule has 3 spiro atoms. The first kappa shape index (κ1) is 53.5. The molecule has 31 atom stereocenters. The molecule has 12 bridgehead atoms. The number of carbonyl (C=O) groups is 2. The second-order valence-electron chi connectivity index (χ2n) is 27.3. The summed E-state index contributed by atoms with van der Waals surface area (Å²) in [5, 5.41) is 32.3. The highest BCUT2D eigenvalue weighted by molar-refractivity contribution is 5.70. The van der Waals surface area contributed by atoms with Crippen LogP contribution in [0.1, 0.15) is 143 Å². The number of hydrogen-bond donors (Lipinski definition) is 3. The summed E-state index contributed by atoms with van der Waals surface area (Å²) in [6.45, 7) is 17.6. The minimum absolute atomic E-state index is 0.00147. The van der Waals surface area contributed by atoms with Crippen LogP contribution >= 0.6 is 0 Å². The van der Waals surface area contributed by atoms with E-state index in [4.69, 9.17) is 71.1 Å². The molecular formula is C59H82O20. The molecule has 3 N–H and O–H groups in total. The van der Waals surface area contributed by atoms with Crippen LogP contribution in [0.2, 0.25) is 0 Å². The van der Waals surface area contributed by atoms with Crippen molar-refractivity contribution in [3.05, 3.63) is 24.3 Å². The monoisotopic (exact) mass is 1110 g/mol. The van der Waals surface area contributed by atoms with E-state index in [9.17, 15) is 24.9 Å². The fraction of sp³-hybridized carbons (Fsp3) is 0.898. The number of carboxylic acid groups (broad SMARTS) is 1. The third-order valence-electron chi connectivity index (χ3n) is 21.7. The van der Waals surface area contributed by atoms with Crippen LogP contribution in [0.15, 0.2) is 24.3 Å². The van der Waals surface area contributed by atoms with E-state index in [0.717, 1.165) is 36.8 Å². The third-order valence-corrected chi connectivity index (χ3v) is 21.7. The number of aliphatic carboxylic acids is 1. The molecule has 16 aliphatic heterocycles. The van der Waals surface area contributed by atoms with E-state index in [1.54, 1.807) is 0 Å². The number of carboxylic acids is 1. The summed E-state index contributed by atoms with van der Waals surface area (Å²) in [5.74, 6) is -5.97. The van der Waals surface area contributed by atoms with Crippen LogP contribution in [-0.4, -0.2) is 191 Å². The minimum atomic E-state index is -1.55. The van der Waals surface area contributed by atoms with Gasteiger partial charge in [-0.1, -0.05) is 40.9 Å². The molecule has 438 valence electrons. The summed E-state index contributed by atoms with van der Waals surface area (Å²) in [7, 11) is 0. The zero-order chi connectivity index (χ0) is 54.2. The van der Waals surface area contributed by atoms with Crippen LogP contribution in [0, 0.1) is 23.7 Å². The van der Waals surface area contributed by atoms with Crippen molar-refractivity contribution in [1.82, 2.24) is 0 Å². The summed E-state index contributed by atoms with van der Waals surface area (Å²) >= 11 is 0. The van der Waals surface area contributed by atoms with Crippen molar-refractivity contribution in [2.75, 3.05) is 0 Å². The average molecular weight is 1110 g/mol. The lowest BCUT2D eigenvalue weighted by atomic mass is 9.78. The van der Waals surface area contributed by atoms with Gasteiger partial charge in [0.2, 0.25) is 5.79 Å². The van der Waals surface area contributed by atoms with Gasteiger partial charge in [0.15, 0.2) is 17.4 Å². The van der Waals surface area contributed by atoms with E-state index < -0.39 is 108 Å². The smallest absolute Gasteiger partial charge is 0.308 e. The summed E-state index contributed by atoms with van der Waals surface area (Å²) in [6.07, 6.45) is -1.35. The van der Waals surface area contributed by atoms with Crippen LogP contribution in [0.3, 0.4) is 0 Å². The van der Waals surface area contributed by atoms with Crippen LogP contribution in [0.4, 0.5) is 0 Å². The van der Waals surface area contributed by atoms with E-state index in [1.807, 2.05) is 0 Å². The van der Waals surface area contributed by atoms with Crippen LogP contribution in [0.5, 0.6) is 0 Å². The zero-order valence-corrected chi connectivity index (χ0v) is 46.0. The van der Waals surface area contributed by atoms with Gasteiger partial charge in [-0.05, 0) is 73.8 Å². The molecule has 16 aliphatic rings. The van der Waals surface area contributed by atoms with Gasteiger partial charge in [-0.25, -0.2) is 0 Å². The first-order chi connectivity index (χ1) is 37.8. The molecule has 20 heteroatoms. The molecule has 20 nitrogen and oxygen atoms in total. The molecule has 16 heterocycles. The number of hydrogen-bond acceptors (Lipinski definition) is 19. The van der Waals surface area contributed by atoms with Crippen molar-refractivity contribution in [2.24, 2.45) is 23.7 Å². The minimum Gasteiger partial charge on any atom is -0.481 e. The topological polar surface area (TPSA) is 233 Å². The van der Waals surface area contributed by atoms with Crippen LogP contribution in [-0.2, 0) is 80.6 Å². The summed E-state index contributed by atoms with van der Waals surface area (Å²) in [5.41, 5.74) is 2.07. The first-order valence-electron chi connectivity index (χ1n) is 30.3. The van der Waals surface area contributed by atoms with Gasteiger partial charge in [0, 0.05) is 57.3 Å². The fourth-order valence-electron chi connectivity index (χ4n) is 18.0. The number of aliphatic hydroxyl groups is 2. The van der Waals surface area contributed by atoms with Crippen molar-refractivity contribution >= 4 is 11.9 Å². The maximum Gasteiger partial charge on any atom is 0.308 e. The zero-order valence-electron chi connectivity index (χ0n) is 46.0. The molecular weight excluding hydrogens is 1030 g/mol. The lowest BCUT2D eigenvalue weighted by molar-refractivity contribution is -0.371. The Morgan fingerprint density at radius 2 is 1.25 bits per heavy atom. The van der Waals surface area contributed by atoms with Gasteiger partial charge in [0.05, 0.1) is 123 Å². The summed E-state index contributed by atoms with van der Waals surface area (Å²) in [4.78, 5) is 26.1. The molecule has 16 saturated heterocycles. The largest absolute Gasteiger partial charge is 0.481 e. The Labute approximate surface area is 461 Å². The maximum atomic E-state index is 14.6. The highest BCUT2D eigenvalue weighted by Gasteiger charge is 2.75. The molecule has 0 aliphatic carbocycles. The number of carbonyl (C=O) groups excluding carboxylic acids is 1. The highest BCUT2D eigenvalue weighted by Crippen LogP contribution is 2.59. The van der Waals surface area contributed by atoms with E-state index >= 15 is 0 Å². The van der Waals surface area contributed by atoms with E-state index in [-0.39, 0.29) is 116 Å². The van der Waals surface area contributed by atoms with Crippen LogP contribution < -0.4 is 0 Å². The Bertz CT molecular complexity index is 2430. The van der Waals surface area contributed by atoms with Gasteiger partial charge in [0.25, 0.3) is 0 Å². The lowest BCUT2D eigenvalue weighted by Gasteiger charge is -2.54. The fourth-order valence-corrected chi connectivity index (χ4v) is 18.0. The second-order valence-corrected chi connectivity index (χ2v) is 27.3. The SMILES string of the molecule is C=C1C[C@@H]2CC[C@@]34CC5(O)O[C@H]6[C@@H](O3)[C@H]3O[C@H](CC[C@@H]3O[C@H]6C5O4)CC(=O)O[C@@H]3[C@@H](C)[C@@H]4O[C@@H]5C[C@]6(C[C@@H]7O[C@]8(C[C@H](C)[C@@H]9O[C@H](CC(=O)O)[C@H](O)C[C@@H]9O8)C[C@H](C)[C@@H]7O6)O[C@@H]5C[C@@H]4O[C@H]3C[C@H]3O[C@@H](CC[C@@H]1O2)C[C@@H](C)C3=C. The first-order valence-corrected chi connectivity index (χ1v) is 30.3. The number of rotatable bonds is 2. The van der Waals surface area contributed by atoms with Gasteiger partial charge in [-0.3, -0.25) is 9.59 Å². The van der Waals surface area contributed by atoms with Crippen molar-refractivity contribution < 1.29 is 96.0 Å². The Morgan fingerprint density at radius 1 is 0.557 bits per heavy atom. The molecule has 16 fully saturated rings. The predicted octanol–water partition coefficient (Wildman–Crippen LogP) is 4.98. The van der Waals surface area contributed by atoms with Crippen molar-refractivity contribution in [1.29, 1.82) is 0 Å². The quantitative estimate of drug-likeness (QED) is 0.245. The van der Waals surface area contributed by atoms with Crippen molar-refractivity contribution in [3.63, 3.8) is 0 Å². The number of aliphatic hydroxyl groups excluding tert-OH is 1. The van der Waals surface area contributed by atoms with Gasteiger partial charge in [0.1, 0.15) is 36.6 Å². The van der Waals surface area contributed by atoms with Gasteiger partial charge < -0.3 is 86.4 Å². The Hall–Kier alpha value is -2.22. The Kier molecular flexibility index (Phi) is 13.1. The molecule has 2 unspecified atom stereocenters. The predicted molar refractivity (Wildman–Crippen MR) is 269 cm³/mol. The van der Waals surface area contributed by atoms with E-state index in [1.165, 1.54) is 0 Å². The maximum absolute atomic E-state index is 14.6. The highest BCUT2D eigenvalue weighted by atomic mass is 16.8. The average Bonchev–Trinajstić information content (AvgIpc) is 3.34. The Balaban J connectivity index is 0.663. The Morgan fingerprint density at radius 3 is 2.09 bits per heavy atom. The van der Waals surface area contributed by atoms with Crippen LogP contribution in [0.25, 0.3) is 0 Å². The van der Waals surface area contributed by atoms with E-state index in [2.05, 4.69) is 40.9 Å². The lowest BCUT2D eigenvalue weighted by Crippen LogP contribution is -2.62. The molecule has 79 heavy (non-hydrogen) atoms. The van der Waals surface area contributed by atoms with Gasteiger partial charge in [-0.2, -0.15) is 0 Å². The molecule has 0 amide bonds. The van der Waals surface area contributed by atoms with Gasteiger partial charge in [-0.15, -0.1) is 0 Å². The van der Waals surface area contributed by atoms with Gasteiger partial charge >= 0.3 is 11.9 Å². The molecule has 0 aromatic rings. The van der Waals surface area contributed by atoms with Crippen molar-refractivity contribution in [3.8, 4) is 0 Å². The molecule has 0 radical (unpaired) electrons. The standard InChI is InChI=1S/C59H82O20/c1-25-13-31-7-9-35-26(2)14-33(65-35)11-12-56-24-59(64)55(79-56)54-53(78-59)52(77-56)51-36(69-54)10-8-32(67-51)15-46(63)72-50-30(6)49-41(68-40(50)17-37(66-31)29(25)5)18-39-43(71-49)22-58(73-39)23-44-48(76-58)28(4)21-57(75-44)20-27(3)47-42(74-57)16-34(60)38(70-47)19-45(61)62/h25,27-28,30-44,47-55,60,64H,2,5,7-24H2,1,3-4,6H3,(H,61,62)/t25-,27+,28+,30+,31+,32-,33+,34-,35+,36+,37-,38-,39-,40+,41+,42+,43-,44+,47+,48+,49+,50-,51+,52+,53+,54-,55?,56-,57-,58+,59?/m1/s1. The molecule has 0 aromatic carbocycles. The van der Waals surface area contributed by atoms with E-state index in [0.29, 0.717) is 64.2 Å². The molecule has 0 aromatic heterocycles. The molecule has 16 rings (SSSR count). The molecule has 0 saturated carbocycles. The third kappa shape index (κ3) is 9.11. The number of esters is 1. The number of ether oxygens (including phenoxy) is 15. The number of fused-ring (bicyclic) bond motifs is 10. The van der Waals surface area contributed by atoms with Crippen molar-refractivity contribution in [2.45, 2.75) is 307 Å².